The third kappa shape index (κ3) is 6.48. The van der Waals surface area contributed by atoms with Crippen LogP contribution in [-0.2, 0) is 27.4 Å². The monoisotopic (exact) mass is 468 g/mol. The normalized spacial score (nSPS) is 13.2. The number of likely N-dealkylation sites (N-methyl/N-ethyl adjacent to an activating group) is 1. The summed E-state index contributed by atoms with van der Waals surface area (Å²) < 4.78 is 5.29. The molecular weight excluding hydrogens is 436 g/mol. The molecule has 1 heterocycles. The van der Waals surface area contributed by atoms with Crippen molar-refractivity contribution in [3.63, 3.8) is 0 Å². The second-order valence-corrected chi connectivity index (χ2v) is 9.39. The zero-order valence-corrected chi connectivity index (χ0v) is 20.3. The van der Waals surface area contributed by atoms with Gasteiger partial charge in [-0.05, 0) is 56.5 Å². The molecule has 0 saturated heterocycles. The molecule has 1 aliphatic heterocycles. The lowest BCUT2D eigenvalue weighted by Gasteiger charge is -2.31. The van der Waals surface area contributed by atoms with E-state index in [1.54, 1.807) is 51.0 Å². The molecule has 0 aromatic heterocycles. The number of nitrogens with one attached hydrogen (secondary N) is 1. The van der Waals surface area contributed by atoms with Crippen molar-refractivity contribution in [2.24, 2.45) is 0 Å². The van der Waals surface area contributed by atoms with E-state index in [0.717, 1.165) is 5.56 Å². The first-order valence-corrected chi connectivity index (χ1v) is 11.1. The minimum Gasteiger partial charge on any atom is -0.480 e. The van der Waals surface area contributed by atoms with Crippen LogP contribution in [0.4, 0.5) is 16.2 Å². The van der Waals surface area contributed by atoms with Crippen LogP contribution < -0.4 is 10.2 Å². The molecule has 2 aromatic carbocycles. The number of amides is 2. The number of hydrogen-bond donors (Lipinski definition) is 2. The van der Waals surface area contributed by atoms with Gasteiger partial charge in [0.05, 0.1) is 6.54 Å². The molecule has 1 aliphatic rings. The summed E-state index contributed by atoms with van der Waals surface area (Å²) in [5.41, 5.74) is 3.45. The first-order valence-electron chi connectivity index (χ1n) is 11.1. The first kappa shape index (κ1) is 25.0. The summed E-state index contributed by atoms with van der Waals surface area (Å²) in [6.07, 6.45) is -0.614. The van der Waals surface area contributed by atoms with Gasteiger partial charge in [0.25, 0.3) is 5.91 Å². The number of fused-ring (bicyclic) bond motifs is 1. The van der Waals surface area contributed by atoms with Crippen LogP contribution in [0.2, 0.25) is 0 Å². The summed E-state index contributed by atoms with van der Waals surface area (Å²) in [5.74, 6) is -1.30. The third-order valence-corrected chi connectivity index (χ3v) is 5.46. The highest BCUT2D eigenvalue weighted by Gasteiger charge is 2.27. The van der Waals surface area contributed by atoms with Crippen LogP contribution in [0.1, 0.15) is 37.5 Å². The Labute approximate surface area is 199 Å². The van der Waals surface area contributed by atoms with Gasteiger partial charge in [-0.25, -0.2) is 9.80 Å². The third-order valence-electron chi connectivity index (χ3n) is 5.46. The minimum absolute atomic E-state index is 0.133. The van der Waals surface area contributed by atoms with Crippen LogP contribution in [0.3, 0.4) is 0 Å². The number of benzene rings is 2. The van der Waals surface area contributed by atoms with Gasteiger partial charge in [-0.15, -0.1) is 0 Å². The molecule has 0 atom stereocenters. The summed E-state index contributed by atoms with van der Waals surface area (Å²) in [4.78, 5) is 38.4. The van der Waals surface area contributed by atoms with E-state index in [9.17, 15) is 19.5 Å². The molecule has 3 rings (SSSR count). The SMILES string of the molecule is Cc1ccc(NC(=O)OC(C)(C)C)cc1N(CC(=O)O)CC(=O)N(C)N1Cc2ccccc2C1. The van der Waals surface area contributed by atoms with Gasteiger partial charge in [0.15, 0.2) is 0 Å². The lowest BCUT2D eigenvalue weighted by atomic mass is 10.1. The second-order valence-electron chi connectivity index (χ2n) is 9.39. The summed E-state index contributed by atoms with van der Waals surface area (Å²) in [5, 5.41) is 15.6. The van der Waals surface area contributed by atoms with Gasteiger partial charge >= 0.3 is 12.1 Å². The smallest absolute Gasteiger partial charge is 0.412 e. The van der Waals surface area contributed by atoms with Gasteiger partial charge in [0, 0.05) is 31.5 Å². The fraction of sp³-hybridized carbons (Fsp3) is 0.400. The van der Waals surface area contributed by atoms with Crippen molar-refractivity contribution in [3.8, 4) is 0 Å². The Morgan fingerprint density at radius 3 is 2.24 bits per heavy atom. The predicted molar refractivity (Wildman–Crippen MR) is 129 cm³/mol. The Morgan fingerprint density at radius 1 is 1.06 bits per heavy atom. The molecule has 2 amide bonds. The van der Waals surface area contributed by atoms with Crippen molar-refractivity contribution in [1.82, 2.24) is 10.0 Å². The topological polar surface area (TPSA) is 102 Å². The molecule has 182 valence electrons. The van der Waals surface area contributed by atoms with Gasteiger partial charge in [-0.2, -0.15) is 0 Å². The van der Waals surface area contributed by atoms with Crippen LogP contribution in [0.5, 0.6) is 0 Å². The molecule has 0 unspecified atom stereocenters. The van der Waals surface area contributed by atoms with Gasteiger partial charge in [-0.1, -0.05) is 30.3 Å². The van der Waals surface area contributed by atoms with E-state index in [2.05, 4.69) is 5.32 Å². The van der Waals surface area contributed by atoms with Crippen molar-refractivity contribution >= 4 is 29.3 Å². The molecule has 0 aliphatic carbocycles. The van der Waals surface area contributed by atoms with E-state index in [1.165, 1.54) is 16.0 Å². The standard InChI is InChI=1S/C25H32N4O5/c1-17-10-11-20(26-24(33)34-25(2,3)4)12-21(17)28(16-23(31)32)15-22(30)27(5)29-13-18-8-6-7-9-19(18)14-29/h6-12H,13-16H2,1-5H3,(H,26,33)(H,31,32). The lowest BCUT2D eigenvalue weighted by molar-refractivity contribution is -0.145. The molecule has 0 saturated carbocycles. The summed E-state index contributed by atoms with van der Waals surface area (Å²) >= 11 is 0. The highest BCUT2D eigenvalue weighted by molar-refractivity contribution is 5.88. The molecule has 0 spiro atoms. The van der Waals surface area contributed by atoms with E-state index in [-0.39, 0.29) is 19.0 Å². The zero-order chi connectivity index (χ0) is 25.0. The highest BCUT2D eigenvalue weighted by atomic mass is 16.6. The molecule has 9 heteroatoms. The number of carbonyl (C=O) groups is 3. The molecular formula is C25H32N4O5. The Kier molecular flexibility index (Phi) is 7.46. The average molecular weight is 469 g/mol. The predicted octanol–water partition coefficient (Wildman–Crippen LogP) is 3.62. The fourth-order valence-electron chi connectivity index (χ4n) is 3.79. The largest absolute Gasteiger partial charge is 0.480 e. The van der Waals surface area contributed by atoms with Crippen molar-refractivity contribution < 1.29 is 24.2 Å². The quantitative estimate of drug-likeness (QED) is 0.640. The number of carbonyl (C=O) groups excluding carboxylic acids is 2. The van der Waals surface area contributed by atoms with Crippen LogP contribution in [-0.4, -0.2) is 58.8 Å². The van der Waals surface area contributed by atoms with Crippen molar-refractivity contribution in [2.75, 3.05) is 30.4 Å². The van der Waals surface area contributed by atoms with Gasteiger partial charge in [0.1, 0.15) is 12.1 Å². The maximum absolute atomic E-state index is 13.1. The van der Waals surface area contributed by atoms with Crippen LogP contribution >= 0.6 is 0 Å². The number of carboxylic acids is 1. The fourth-order valence-corrected chi connectivity index (χ4v) is 3.79. The second kappa shape index (κ2) is 10.1. The molecule has 0 radical (unpaired) electrons. The van der Waals surface area contributed by atoms with E-state index in [1.807, 2.05) is 36.2 Å². The van der Waals surface area contributed by atoms with E-state index < -0.39 is 17.7 Å². The van der Waals surface area contributed by atoms with Crippen LogP contribution in [0, 0.1) is 6.92 Å². The van der Waals surface area contributed by atoms with Crippen LogP contribution in [0.25, 0.3) is 0 Å². The molecule has 0 bridgehead atoms. The summed E-state index contributed by atoms with van der Waals surface area (Å²) in [6.45, 7) is 7.86. The number of nitrogens with zero attached hydrogens (tertiary/aromatic N) is 3. The Hall–Kier alpha value is -3.59. The van der Waals surface area contributed by atoms with Gasteiger partial charge < -0.3 is 14.7 Å². The van der Waals surface area contributed by atoms with E-state index in [0.29, 0.717) is 24.5 Å². The van der Waals surface area contributed by atoms with Gasteiger partial charge in [0.2, 0.25) is 0 Å². The Balaban J connectivity index is 1.75. The zero-order valence-electron chi connectivity index (χ0n) is 20.3. The molecule has 0 fully saturated rings. The van der Waals surface area contributed by atoms with E-state index >= 15 is 0 Å². The van der Waals surface area contributed by atoms with Crippen molar-refractivity contribution in [2.45, 2.75) is 46.4 Å². The van der Waals surface area contributed by atoms with Crippen molar-refractivity contribution in [3.05, 3.63) is 59.2 Å². The number of hydrogen-bond acceptors (Lipinski definition) is 6. The maximum atomic E-state index is 13.1. The number of anilines is 2. The number of ether oxygens (including phenoxy) is 1. The molecule has 34 heavy (non-hydrogen) atoms. The highest BCUT2D eigenvalue weighted by Crippen LogP contribution is 2.26. The molecule has 2 N–H and O–H groups in total. The molecule has 9 nitrogen and oxygen atoms in total. The number of aliphatic carboxylic acids is 1. The lowest BCUT2D eigenvalue weighted by Crippen LogP contribution is -2.47. The number of hydrazine groups is 1. The van der Waals surface area contributed by atoms with Crippen LogP contribution in [0.15, 0.2) is 42.5 Å². The minimum atomic E-state index is -1.06. The Morgan fingerprint density at radius 2 is 1.68 bits per heavy atom. The summed E-state index contributed by atoms with van der Waals surface area (Å²) in [7, 11) is 1.69. The average Bonchev–Trinajstić information content (AvgIpc) is 3.16. The number of rotatable bonds is 7. The van der Waals surface area contributed by atoms with Crippen molar-refractivity contribution in [1.29, 1.82) is 0 Å². The number of aryl methyl sites for hydroxylation is 1. The first-order chi connectivity index (χ1) is 15.9. The summed E-state index contributed by atoms with van der Waals surface area (Å²) in [6, 6.07) is 13.1. The Bertz CT molecular complexity index is 1050. The maximum Gasteiger partial charge on any atom is 0.412 e. The molecule has 2 aromatic rings. The number of carboxylic acid groups (broad SMARTS) is 1. The van der Waals surface area contributed by atoms with E-state index in [4.69, 9.17) is 4.74 Å². The van der Waals surface area contributed by atoms with Gasteiger partial charge in [-0.3, -0.25) is 19.9 Å².